The molecule has 0 aliphatic rings. The monoisotopic (exact) mass is 423 g/mol. The number of ether oxygens (including phenoxy) is 1. The first-order chi connectivity index (χ1) is 13.8. The van der Waals surface area contributed by atoms with Gasteiger partial charge in [-0.05, 0) is 36.4 Å². The van der Waals surface area contributed by atoms with Crippen LogP contribution >= 0.6 is 0 Å². The van der Waals surface area contributed by atoms with Gasteiger partial charge < -0.3 is 15.2 Å². The van der Waals surface area contributed by atoms with E-state index >= 15 is 4.39 Å². The zero-order chi connectivity index (χ0) is 21.2. The molecule has 0 bridgehead atoms. The molecule has 3 rings (SSSR count). The lowest BCUT2D eigenvalue weighted by Crippen LogP contribution is -2.19. The predicted octanol–water partition coefficient (Wildman–Crippen LogP) is 2.63. The third-order valence-electron chi connectivity index (χ3n) is 3.95. The van der Waals surface area contributed by atoms with Gasteiger partial charge in [0.25, 0.3) is 10.0 Å². The zero-order valence-electron chi connectivity index (χ0n) is 15.0. The summed E-state index contributed by atoms with van der Waals surface area (Å²) >= 11 is 0. The Morgan fingerprint density at radius 3 is 2.55 bits per heavy atom. The van der Waals surface area contributed by atoms with Crippen molar-refractivity contribution in [3.05, 3.63) is 66.1 Å². The Morgan fingerprint density at radius 1 is 1.24 bits per heavy atom. The van der Waals surface area contributed by atoms with E-state index in [2.05, 4.69) is 10.3 Å². The molecule has 8 nitrogen and oxygen atoms in total. The smallest absolute Gasteiger partial charge is 0.407 e. The highest BCUT2D eigenvalue weighted by Crippen LogP contribution is 2.32. The molecular formula is C18H15F2N3O5S. The van der Waals surface area contributed by atoms with Crippen LogP contribution in [0.5, 0.6) is 5.75 Å². The van der Waals surface area contributed by atoms with Gasteiger partial charge in [-0.2, -0.15) is 4.39 Å². The van der Waals surface area contributed by atoms with Crippen LogP contribution in [0.2, 0.25) is 0 Å². The molecule has 2 N–H and O–H groups in total. The van der Waals surface area contributed by atoms with Crippen molar-refractivity contribution in [1.82, 2.24) is 14.3 Å². The highest BCUT2D eigenvalue weighted by molar-refractivity contribution is 7.90. The minimum atomic E-state index is -4.38. The number of hydrogen-bond acceptors (Lipinski definition) is 6. The highest BCUT2D eigenvalue weighted by atomic mass is 32.2. The number of halogens is 2. The average Bonchev–Trinajstić information content (AvgIpc) is 3.04. The Balaban J connectivity index is 2.20. The number of pyridine rings is 1. The third-order valence-corrected chi connectivity index (χ3v) is 5.63. The van der Waals surface area contributed by atoms with Crippen LogP contribution in [0.1, 0.15) is 5.56 Å². The number of rotatable bonds is 5. The maximum absolute atomic E-state index is 15.1. The van der Waals surface area contributed by atoms with Gasteiger partial charge in [-0.1, -0.05) is 0 Å². The summed E-state index contributed by atoms with van der Waals surface area (Å²) in [5.41, 5.74) is -1.27. The van der Waals surface area contributed by atoms with E-state index in [-0.39, 0.29) is 16.2 Å². The summed E-state index contributed by atoms with van der Waals surface area (Å²) in [6.07, 6.45) is 1.18. The maximum atomic E-state index is 15.1. The van der Waals surface area contributed by atoms with E-state index in [1.54, 1.807) is 0 Å². The molecule has 0 spiro atoms. The Hall–Kier alpha value is -3.47. The first-order valence-electron chi connectivity index (χ1n) is 8.15. The SMILES string of the molecule is CNC(=O)OCc1cn(S(=O)(=O)c2ccc(O)cc2)c(-c2cccnc2F)c1F. The summed E-state index contributed by atoms with van der Waals surface area (Å²) in [6, 6.07) is 7.02. The number of nitrogens with zero attached hydrogens (tertiary/aromatic N) is 2. The van der Waals surface area contributed by atoms with E-state index in [1.807, 2.05) is 0 Å². The van der Waals surface area contributed by atoms with E-state index in [1.165, 1.54) is 19.2 Å². The number of amides is 1. The molecule has 2 aromatic heterocycles. The van der Waals surface area contributed by atoms with E-state index in [4.69, 9.17) is 4.74 Å². The van der Waals surface area contributed by atoms with Crippen LogP contribution in [0, 0.1) is 11.8 Å². The van der Waals surface area contributed by atoms with E-state index in [0.717, 1.165) is 36.7 Å². The van der Waals surface area contributed by atoms with Crippen LogP contribution in [-0.4, -0.2) is 35.6 Å². The lowest BCUT2D eigenvalue weighted by Gasteiger charge is -2.11. The van der Waals surface area contributed by atoms with Gasteiger partial charge in [-0.25, -0.2) is 26.6 Å². The summed E-state index contributed by atoms with van der Waals surface area (Å²) in [6.45, 7) is -0.585. The molecule has 0 aliphatic carbocycles. The van der Waals surface area contributed by atoms with Crippen molar-refractivity contribution in [3.63, 3.8) is 0 Å². The second-order valence-corrected chi connectivity index (χ2v) is 7.59. The van der Waals surface area contributed by atoms with Crippen molar-refractivity contribution in [2.45, 2.75) is 11.5 Å². The molecule has 0 saturated heterocycles. The second kappa shape index (κ2) is 7.87. The molecule has 152 valence electrons. The lowest BCUT2D eigenvalue weighted by atomic mass is 10.2. The number of benzene rings is 1. The summed E-state index contributed by atoms with van der Waals surface area (Å²) in [7, 11) is -3.08. The van der Waals surface area contributed by atoms with Crippen molar-refractivity contribution in [3.8, 4) is 17.0 Å². The molecule has 0 radical (unpaired) electrons. The second-order valence-electron chi connectivity index (χ2n) is 5.78. The standard InChI is InChI=1S/C18H15F2N3O5S/c1-21-18(25)28-10-11-9-23(29(26,27)13-6-4-12(24)5-7-13)16(15(11)19)14-3-2-8-22-17(14)20/h2-9,24H,10H2,1H3,(H,21,25). The number of carbonyl (C=O) groups excluding carboxylic acids is 1. The highest BCUT2D eigenvalue weighted by Gasteiger charge is 2.28. The van der Waals surface area contributed by atoms with E-state index in [0.29, 0.717) is 3.97 Å². The Labute approximate surface area is 164 Å². The van der Waals surface area contributed by atoms with Gasteiger partial charge in [-0.3, -0.25) is 0 Å². The summed E-state index contributed by atoms with van der Waals surface area (Å²) in [5.74, 6) is -2.32. The fourth-order valence-electron chi connectivity index (χ4n) is 2.55. The van der Waals surface area contributed by atoms with Gasteiger partial charge in [0.2, 0.25) is 5.95 Å². The number of carbonyl (C=O) groups is 1. The van der Waals surface area contributed by atoms with Crippen molar-refractivity contribution in [2.24, 2.45) is 0 Å². The van der Waals surface area contributed by atoms with E-state index in [9.17, 15) is 22.7 Å². The van der Waals surface area contributed by atoms with Crippen LogP contribution in [0.15, 0.2) is 53.7 Å². The van der Waals surface area contributed by atoms with Crippen molar-refractivity contribution >= 4 is 16.1 Å². The van der Waals surface area contributed by atoms with Crippen LogP contribution in [0.3, 0.4) is 0 Å². The number of aromatic nitrogens is 2. The topological polar surface area (TPSA) is 111 Å². The fraction of sp³-hybridized carbons (Fsp3) is 0.111. The van der Waals surface area contributed by atoms with Crippen LogP contribution in [-0.2, 0) is 21.4 Å². The quantitative estimate of drug-likeness (QED) is 0.611. The normalized spacial score (nSPS) is 11.3. The van der Waals surface area contributed by atoms with Crippen LogP contribution < -0.4 is 5.32 Å². The van der Waals surface area contributed by atoms with Crippen molar-refractivity contribution < 1.29 is 31.8 Å². The summed E-state index contributed by atoms with van der Waals surface area (Å²) in [5, 5.41) is 11.6. The molecule has 0 saturated carbocycles. The van der Waals surface area contributed by atoms with Gasteiger partial charge in [0.1, 0.15) is 18.1 Å². The molecule has 1 amide bonds. The summed E-state index contributed by atoms with van der Waals surface area (Å²) < 4.78 is 60.8. The molecule has 1 aromatic carbocycles. The Morgan fingerprint density at radius 2 is 1.93 bits per heavy atom. The van der Waals surface area contributed by atoms with Crippen molar-refractivity contribution in [1.29, 1.82) is 0 Å². The minimum absolute atomic E-state index is 0.166. The summed E-state index contributed by atoms with van der Waals surface area (Å²) in [4.78, 5) is 14.5. The molecule has 11 heteroatoms. The molecular weight excluding hydrogens is 408 g/mol. The van der Waals surface area contributed by atoms with Gasteiger partial charge in [0, 0.05) is 25.0 Å². The number of nitrogens with one attached hydrogen (secondary N) is 1. The molecule has 29 heavy (non-hydrogen) atoms. The lowest BCUT2D eigenvalue weighted by molar-refractivity contribution is 0.141. The molecule has 2 heterocycles. The first-order valence-corrected chi connectivity index (χ1v) is 9.59. The van der Waals surface area contributed by atoms with Gasteiger partial charge in [0.05, 0.1) is 10.5 Å². The third kappa shape index (κ3) is 3.90. The average molecular weight is 423 g/mol. The van der Waals surface area contributed by atoms with E-state index < -0.39 is 45.7 Å². The Kier molecular flexibility index (Phi) is 5.50. The zero-order valence-corrected chi connectivity index (χ0v) is 15.8. The molecule has 0 aliphatic heterocycles. The molecule has 0 atom stereocenters. The van der Waals surface area contributed by atoms with Gasteiger partial charge >= 0.3 is 6.09 Å². The molecule has 0 unspecified atom stereocenters. The Bertz CT molecular complexity index is 1160. The van der Waals surface area contributed by atoms with Crippen LogP contribution in [0.25, 0.3) is 11.3 Å². The molecule has 3 aromatic rings. The fourth-order valence-corrected chi connectivity index (χ4v) is 3.94. The number of phenols is 1. The first kappa shape index (κ1) is 20.3. The van der Waals surface area contributed by atoms with Crippen molar-refractivity contribution in [2.75, 3.05) is 7.05 Å². The van der Waals surface area contributed by atoms with Gasteiger partial charge in [-0.15, -0.1) is 0 Å². The van der Waals surface area contributed by atoms with Crippen LogP contribution in [0.4, 0.5) is 13.6 Å². The molecule has 0 fully saturated rings. The number of alkyl carbamates (subject to hydrolysis) is 1. The predicted molar refractivity (Wildman–Crippen MR) is 97.5 cm³/mol. The minimum Gasteiger partial charge on any atom is -0.508 e. The van der Waals surface area contributed by atoms with Gasteiger partial charge in [0.15, 0.2) is 5.82 Å². The number of hydrogen-bond donors (Lipinski definition) is 2. The number of phenolic OH excluding ortho intramolecular Hbond substituents is 1. The maximum Gasteiger partial charge on any atom is 0.407 e. The number of aromatic hydroxyl groups is 1. The largest absolute Gasteiger partial charge is 0.508 e.